The van der Waals surface area contributed by atoms with E-state index >= 15 is 0 Å². The number of hydrogen-bond donors (Lipinski definition) is 1. The van der Waals surface area contributed by atoms with Gasteiger partial charge in [-0.1, -0.05) is 12.1 Å². The summed E-state index contributed by atoms with van der Waals surface area (Å²) in [6.45, 7) is 11.7. The first-order valence-corrected chi connectivity index (χ1v) is 7.16. The molecule has 0 radical (unpaired) electrons. The van der Waals surface area contributed by atoms with Crippen LogP contribution < -0.4 is 5.32 Å². The normalized spacial score (nSPS) is 11.1. The van der Waals surface area contributed by atoms with Crippen LogP contribution in [0.5, 0.6) is 0 Å². The smallest absolute Gasteiger partial charge is 0.410 e. The summed E-state index contributed by atoms with van der Waals surface area (Å²) in [5, 5.41) is 3.27. The number of carbonyl (C=O) groups is 1. The average molecular weight is 278 g/mol. The molecule has 0 aliphatic rings. The number of rotatable bonds is 5. The Bertz CT molecular complexity index is 438. The second-order valence-electron chi connectivity index (χ2n) is 5.73. The number of nitrogens with zero attached hydrogens (tertiary/aromatic N) is 1. The van der Waals surface area contributed by atoms with Crippen LogP contribution in [0.2, 0.25) is 0 Å². The molecule has 0 bridgehead atoms. The third-order valence-electron chi connectivity index (χ3n) is 2.71. The number of anilines is 1. The number of ether oxygens (including phenoxy) is 1. The molecule has 1 N–H and O–H groups in total. The van der Waals surface area contributed by atoms with Gasteiger partial charge in [-0.05, 0) is 52.3 Å². The van der Waals surface area contributed by atoms with Gasteiger partial charge in [-0.15, -0.1) is 0 Å². The van der Waals surface area contributed by atoms with Crippen LogP contribution in [0.1, 0.15) is 40.2 Å². The molecule has 20 heavy (non-hydrogen) atoms. The molecule has 0 atom stereocenters. The van der Waals surface area contributed by atoms with E-state index in [-0.39, 0.29) is 6.09 Å². The predicted molar refractivity (Wildman–Crippen MR) is 82.9 cm³/mol. The molecule has 4 heteroatoms. The van der Waals surface area contributed by atoms with Crippen molar-refractivity contribution in [2.24, 2.45) is 0 Å². The maximum Gasteiger partial charge on any atom is 0.410 e. The highest BCUT2D eigenvalue weighted by atomic mass is 16.6. The molecule has 112 valence electrons. The van der Waals surface area contributed by atoms with Crippen LogP contribution in [0.4, 0.5) is 10.5 Å². The summed E-state index contributed by atoms with van der Waals surface area (Å²) in [7, 11) is 0. The molecule has 1 aromatic carbocycles. The highest BCUT2D eigenvalue weighted by molar-refractivity contribution is 5.68. The van der Waals surface area contributed by atoms with Crippen molar-refractivity contribution in [3.8, 4) is 0 Å². The second-order valence-corrected chi connectivity index (χ2v) is 5.73. The van der Waals surface area contributed by atoms with E-state index in [1.54, 1.807) is 4.90 Å². The van der Waals surface area contributed by atoms with Crippen molar-refractivity contribution in [3.05, 3.63) is 29.8 Å². The van der Waals surface area contributed by atoms with E-state index in [4.69, 9.17) is 4.74 Å². The van der Waals surface area contributed by atoms with Crippen LogP contribution in [0.3, 0.4) is 0 Å². The van der Waals surface area contributed by atoms with Crippen LogP contribution >= 0.6 is 0 Å². The van der Waals surface area contributed by atoms with Crippen molar-refractivity contribution >= 4 is 11.8 Å². The Morgan fingerprint density at radius 1 is 1.30 bits per heavy atom. The van der Waals surface area contributed by atoms with E-state index in [2.05, 4.69) is 18.3 Å². The van der Waals surface area contributed by atoms with Gasteiger partial charge < -0.3 is 15.0 Å². The van der Waals surface area contributed by atoms with E-state index < -0.39 is 5.60 Å². The lowest BCUT2D eigenvalue weighted by molar-refractivity contribution is 0.0244. The predicted octanol–water partition coefficient (Wildman–Crippen LogP) is 3.88. The van der Waals surface area contributed by atoms with Gasteiger partial charge in [0.05, 0.1) is 0 Å². The fraction of sp³-hybridized carbons (Fsp3) is 0.562. The molecule has 0 aliphatic carbocycles. The summed E-state index contributed by atoms with van der Waals surface area (Å²) in [6, 6.07) is 8.11. The Hall–Kier alpha value is -1.71. The largest absolute Gasteiger partial charge is 0.444 e. The first-order valence-electron chi connectivity index (χ1n) is 7.16. The van der Waals surface area contributed by atoms with Crippen LogP contribution in [0.25, 0.3) is 0 Å². The van der Waals surface area contributed by atoms with E-state index in [0.29, 0.717) is 13.1 Å². The Labute approximate surface area is 122 Å². The zero-order valence-corrected chi connectivity index (χ0v) is 13.2. The molecule has 0 heterocycles. The third kappa shape index (κ3) is 5.51. The fourth-order valence-corrected chi connectivity index (χ4v) is 1.84. The van der Waals surface area contributed by atoms with Gasteiger partial charge in [0.25, 0.3) is 0 Å². The van der Waals surface area contributed by atoms with Crippen molar-refractivity contribution in [2.45, 2.75) is 46.8 Å². The monoisotopic (exact) mass is 278 g/mol. The molecule has 0 saturated heterocycles. The fourth-order valence-electron chi connectivity index (χ4n) is 1.84. The molecule has 0 spiro atoms. The van der Waals surface area contributed by atoms with Crippen LogP contribution in [0, 0.1) is 0 Å². The first-order chi connectivity index (χ1) is 9.35. The minimum absolute atomic E-state index is 0.270. The van der Waals surface area contributed by atoms with Crippen molar-refractivity contribution in [1.29, 1.82) is 0 Å². The maximum atomic E-state index is 12.1. The molecule has 0 saturated carbocycles. The highest BCUT2D eigenvalue weighted by Gasteiger charge is 2.21. The minimum atomic E-state index is -0.462. The lowest BCUT2D eigenvalue weighted by atomic mass is 10.2. The summed E-state index contributed by atoms with van der Waals surface area (Å²) >= 11 is 0. The van der Waals surface area contributed by atoms with Gasteiger partial charge in [0.2, 0.25) is 0 Å². The second kappa shape index (κ2) is 7.17. The minimum Gasteiger partial charge on any atom is -0.444 e. The summed E-state index contributed by atoms with van der Waals surface area (Å²) in [5.41, 5.74) is 1.71. The number of benzene rings is 1. The molecule has 0 fully saturated rings. The standard InChI is InChI=1S/C16H26N2O2/c1-6-17-14-10-8-9-13(11-14)12-18(7-2)15(19)20-16(3,4)5/h8-11,17H,6-7,12H2,1-5H3. The molecule has 1 amide bonds. The summed E-state index contributed by atoms with van der Waals surface area (Å²) in [6.07, 6.45) is -0.270. The Morgan fingerprint density at radius 2 is 2.00 bits per heavy atom. The SMILES string of the molecule is CCNc1cccc(CN(CC)C(=O)OC(C)(C)C)c1. The van der Waals surface area contributed by atoms with Gasteiger partial charge in [0.15, 0.2) is 0 Å². The van der Waals surface area contributed by atoms with E-state index in [9.17, 15) is 4.79 Å². The number of amides is 1. The van der Waals surface area contributed by atoms with Crippen LogP contribution in [-0.2, 0) is 11.3 Å². The van der Waals surface area contributed by atoms with Crippen LogP contribution in [-0.4, -0.2) is 29.7 Å². The average Bonchev–Trinajstić information content (AvgIpc) is 2.34. The Kier molecular flexibility index (Phi) is 5.86. The van der Waals surface area contributed by atoms with Crippen molar-refractivity contribution in [2.75, 3.05) is 18.4 Å². The summed E-state index contributed by atoms with van der Waals surface area (Å²) < 4.78 is 5.41. The number of nitrogens with one attached hydrogen (secondary N) is 1. The van der Waals surface area contributed by atoms with Gasteiger partial charge in [-0.25, -0.2) is 4.79 Å². The van der Waals surface area contributed by atoms with Gasteiger partial charge in [-0.3, -0.25) is 0 Å². The third-order valence-corrected chi connectivity index (χ3v) is 2.71. The first kappa shape index (κ1) is 16.3. The highest BCUT2D eigenvalue weighted by Crippen LogP contribution is 2.15. The molecule has 4 nitrogen and oxygen atoms in total. The molecular weight excluding hydrogens is 252 g/mol. The zero-order valence-electron chi connectivity index (χ0n) is 13.2. The summed E-state index contributed by atoms with van der Waals surface area (Å²) in [4.78, 5) is 13.8. The Morgan fingerprint density at radius 3 is 2.55 bits per heavy atom. The van der Waals surface area contributed by atoms with E-state index in [1.807, 2.05) is 45.9 Å². The molecule has 1 rings (SSSR count). The van der Waals surface area contributed by atoms with Gasteiger partial charge >= 0.3 is 6.09 Å². The number of hydrogen-bond acceptors (Lipinski definition) is 3. The van der Waals surface area contributed by atoms with Crippen molar-refractivity contribution in [3.63, 3.8) is 0 Å². The quantitative estimate of drug-likeness (QED) is 0.888. The number of carbonyl (C=O) groups excluding carboxylic acids is 1. The maximum absolute atomic E-state index is 12.1. The van der Waals surface area contributed by atoms with Gasteiger partial charge in [0.1, 0.15) is 5.60 Å². The molecule has 1 aromatic rings. The molecule has 0 unspecified atom stereocenters. The molecule has 0 aliphatic heterocycles. The van der Waals surface area contributed by atoms with Crippen LogP contribution in [0.15, 0.2) is 24.3 Å². The lowest BCUT2D eigenvalue weighted by Gasteiger charge is -2.26. The van der Waals surface area contributed by atoms with E-state index in [0.717, 1.165) is 17.8 Å². The zero-order chi connectivity index (χ0) is 15.2. The van der Waals surface area contributed by atoms with Gasteiger partial charge in [-0.2, -0.15) is 0 Å². The van der Waals surface area contributed by atoms with Gasteiger partial charge in [0, 0.05) is 25.3 Å². The van der Waals surface area contributed by atoms with Crippen molar-refractivity contribution < 1.29 is 9.53 Å². The molecule has 0 aromatic heterocycles. The van der Waals surface area contributed by atoms with Crippen molar-refractivity contribution in [1.82, 2.24) is 4.90 Å². The summed E-state index contributed by atoms with van der Waals surface area (Å²) in [5.74, 6) is 0. The lowest BCUT2D eigenvalue weighted by Crippen LogP contribution is -2.36. The molecular formula is C16H26N2O2. The topological polar surface area (TPSA) is 41.6 Å². The van der Waals surface area contributed by atoms with E-state index in [1.165, 1.54) is 0 Å². The Balaban J connectivity index is 2.73.